The minimum absolute atomic E-state index is 0.158. The van der Waals surface area contributed by atoms with E-state index >= 15 is 0 Å². The van der Waals surface area contributed by atoms with E-state index in [1.807, 2.05) is 22.6 Å². The average molecular weight is 407 g/mol. The highest BCUT2D eigenvalue weighted by molar-refractivity contribution is 14.1. The predicted molar refractivity (Wildman–Crippen MR) is 76.0 cm³/mol. The third-order valence-corrected chi connectivity index (χ3v) is 3.66. The molecule has 1 aliphatic heterocycles. The first-order valence-electron chi connectivity index (χ1n) is 5.80. The van der Waals surface area contributed by atoms with Gasteiger partial charge in [-0.1, -0.05) is 0 Å². The number of anilines is 1. The predicted octanol–water partition coefficient (Wildman–Crippen LogP) is -1.28. The molecular formula is C10H10IN5O5. The summed E-state index contributed by atoms with van der Waals surface area (Å²) in [6.07, 6.45) is -4.34. The van der Waals surface area contributed by atoms with Crippen molar-refractivity contribution in [2.45, 2.75) is 24.5 Å². The smallest absolute Gasteiger partial charge is 0.335 e. The summed E-state index contributed by atoms with van der Waals surface area (Å²) in [6.45, 7) is 0. The molecule has 0 aliphatic carbocycles. The van der Waals surface area contributed by atoms with Crippen molar-refractivity contribution in [3.05, 3.63) is 10.2 Å². The SMILES string of the molecule is Nc1nc(I)nc2c1ncn2[C@@H]1O[C@H](C(=O)O)C(O)[C@@H]1O. The van der Waals surface area contributed by atoms with E-state index in [0.717, 1.165) is 0 Å². The Morgan fingerprint density at radius 2 is 2.10 bits per heavy atom. The molecule has 5 N–H and O–H groups in total. The summed E-state index contributed by atoms with van der Waals surface area (Å²) in [7, 11) is 0. The largest absolute Gasteiger partial charge is 0.479 e. The lowest BCUT2D eigenvalue weighted by Gasteiger charge is -2.16. The van der Waals surface area contributed by atoms with Gasteiger partial charge in [-0.25, -0.2) is 19.7 Å². The Morgan fingerprint density at radius 1 is 1.38 bits per heavy atom. The molecule has 0 aromatic carbocycles. The molecule has 2 aromatic rings. The van der Waals surface area contributed by atoms with Crippen LogP contribution in [0.25, 0.3) is 11.2 Å². The molecule has 112 valence electrons. The normalized spacial score (nSPS) is 29.1. The number of aliphatic carboxylic acids is 1. The summed E-state index contributed by atoms with van der Waals surface area (Å²) in [5.41, 5.74) is 6.32. The summed E-state index contributed by atoms with van der Waals surface area (Å²) in [5, 5.41) is 28.7. The quantitative estimate of drug-likeness (QED) is 0.352. The number of carboxylic acids is 1. The maximum absolute atomic E-state index is 11.0. The van der Waals surface area contributed by atoms with E-state index in [2.05, 4.69) is 15.0 Å². The molecule has 1 fully saturated rings. The number of carbonyl (C=O) groups is 1. The van der Waals surface area contributed by atoms with Crippen LogP contribution in [0, 0.1) is 3.83 Å². The van der Waals surface area contributed by atoms with Crippen LogP contribution in [0.2, 0.25) is 0 Å². The highest BCUT2D eigenvalue weighted by Crippen LogP contribution is 2.32. The number of aliphatic hydroxyl groups is 2. The van der Waals surface area contributed by atoms with Crippen molar-refractivity contribution in [3.63, 3.8) is 0 Å². The van der Waals surface area contributed by atoms with Crippen LogP contribution in [-0.4, -0.2) is 59.1 Å². The number of nitrogens with zero attached hydrogens (tertiary/aromatic N) is 4. The summed E-state index contributed by atoms with van der Waals surface area (Å²) >= 11 is 1.86. The van der Waals surface area contributed by atoms with Crippen LogP contribution >= 0.6 is 22.6 Å². The molecule has 1 saturated heterocycles. The number of aliphatic hydroxyl groups excluding tert-OH is 2. The molecule has 4 atom stereocenters. The van der Waals surface area contributed by atoms with Crippen molar-refractivity contribution in [1.82, 2.24) is 19.5 Å². The molecule has 21 heavy (non-hydrogen) atoms. The van der Waals surface area contributed by atoms with Gasteiger partial charge in [0.25, 0.3) is 0 Å². The van der Waals surface area contributed by atoms with Gasteiger partial charge in [-0.3, -0.25) is 4.57 Å². The number of imidazole rings is 1. The molecule has 0 amide bonds. The van der Waals surface area contributed by atoms with Gasteiger partial charge < -0.3 is 25.8 Å². The van der Waals surface area contributed by atoms with Crippen molar-refractivity contribution in [3.8, 4) is 0 Å². The number of hydrogen-bond donors (Lipinski definition) is 4. The van der Waals surface area contributed by atoms with Crippen LogP contribution in [0.4, 0.5) is 5.82 Å². The van der Waals surface area contributed by atoms with Gasteiger partial charge in [0.15, 0.2) is 27.6 Å². The van der Waals surface area contributed by atoms with E-state index < -0.39 is 30.5 Å². The molecule has 11 heteroatoms. The van der Waals surface area contributed by atoms with Crippen LogP contribution in [0.5, 0.6) is 0 Å². The van der Waals surface area contributed by atoms with E-state index in [1.54, 1.807) is 0 Å². The van der Waals surface area contributed by atoms with E-state index in [0.29, 0.717) is 9.35 Å². The Morgan fingerprint density at radius 3 is 2.71 bits per heavy atom. The summed E-state index contributed by atoms with van der Waals surface area (Å²) in [5.74, 6) is -1.21. The standard InChI is InChI=1S/C10H10IN5O5/c11-10-14-6(12)2-7(15-10)16(1-13-2)8-4(18)3(17)5(21-8)9(19)20/h1,3-5,8,17-18H,(H,19,20)(H2,12,14,15)/t3?,4-,5-,8+/m0/s1. The third kappa shape index (κ3) is 2.21. The first-order valence-corrected chi connectivity index (χ1v) is 6.88. The number of nitrogen functional groups attached to an aromatic ring is 1. The number of hydrogen-bond acceptors (Lipinski definition) is 8. The second-order valence-corrected chi connectivity index (χ2v) is 5.43. The number of ether oxygens (including phenoxy) is 1. The number of rotatable bonds is 2. The molecule has 1 aliphatic rings. The maximum Gasteiger partial charge on any atom is 0.335 e. The van der Waals surface area contributed by atoms with Crippen LogP contribution in [0.15, 0.2) is 6.33 Å². The molecule has 0 bridgehead atoms. The Kier molecular flexibility index (Phi) is 3.43. The molecule has 2 aromatic heterocycles. The van der Waals surface area contributed by atoms with E-state index in [9.17, 15) is 15.0 Å². The fourth-order valence-electron chi connectivity index (χ4n) is 2.19. The topological polar surface area (TPSA) is 157 Å². The molecule has 0 radical (unpaired) electrons. The van der Waals surface area contributed by atoms with Crippen LogP contribution in [0.1, 0.15) is 6.23 Å². The van der Waals surface area contributed by atoms with E-state index in [1.165, 1.54) is 10.9 Å². The lowest BCUT2D eigenvalue weighted by Crippen LogP contribution is -2.35. The zero-order valence-electron chi connectivity index (χ0n) is 10.3. The summed E-state index contributed by atoms with van der Waals surface area (Å²) in [4.78, 5) is 23.1. The first-order chi connectivity index (χ1) is 9.90. The molecule has 3 rings (SSSR count). The zero-order valence-corrected chi connectivity index (χ0v) is 12.4. The minimum atomic E-state index is -1.55. The summed E-state index contributed by atoms with van der Waals surface area (Å²) < 4.78 is 6.89. The number of fused-ring (bicyclic) bond motifs is 1. The van der Waals surface area contributed by atoms with Crippen LogP contribution in [-0.2, 0) is 9.53 Å². The number of aromatic nitrogens is 4. The van der Waals surface area contributed by atoms with Gasteiger partial charge in [-0.05, 0) is 0 Å². The van der Waals surface area contributed by atoms with E-state index in [-0.39, 0.29) is 11.5 Å². The van der Waals surface area contributed by atoms with E-state index in [4.69, 9.17) is 15.6 Å². The van der Waals surface area contributed by atoms with Crippen molar-refractivity contribution >= 4 is 45.5 Å². The number of nitrogens with two attached hydrogens (primary N) is 1. The van der Waals surface area contributed by atoms with Crippen molar-refractivity contribution in [2.75, 3.05) is 5.73 Å². The second-order valence-electron chi connectivity index (χ2n) is 4.47. The highest BCUT2D eigenvalue weighted by atomic mass is 127. The van der Waals surface area contributed by atoms with Gasteiger partial charge in [-0.15, -0.1) is 0 Å². The Balaban J connectivity index is 2.07. The van der Waals surface area contributed by atoms with Crippen molar-refractivity contribution in [2.24, 2.45) is 0 Å². The summed E-state index contributed by atoms with van der Waals surface area (Å²) in [6, 6.07) is 0. The zero-order chi connectivity index (χ0) is 15.3. The van der Waals surface area contributed by atoms with Gasteiger partial charge >= 0.3 is 5.97 Å². The fourth-order valence-corrected chi connectivity index (χ4v) is 2.68. The lowest BCUT2D eigenvalue weighted by molar-refractivity contribution is -0.155. The average Bonchev–Trinajstić information content (AvgIpc) is 2.93. The molecule has 0 saturated carbocycles. The molecule has 1 unspecified atom stereocenters. The van der Waals surface area contributed by atoms with Crippen LogP contribution in [0.3, 0.4) is 0 Å². The molecule has 3 heterocycles. The fraction of sp³-hybridized carbons (Fsp3) is 0.400. The second kappa shape index (κ2) is 5.01. The van der Waals surface area contributed by atoms with Crippen molar-refractivity contribution in [1.29, 1.82) is 0 Å². The molecule has 10 nitrogen and oxygen atoms in total. The lowest BCUT2D eigenvalue weighted by atomic mass is 10.1. The van der Waals surface area contributed by atoms with Gasteiger partial charge in [0, 0.05) is 22.6 Å². The van der Waals surface area contributed by atoms with Crippen molar-refractivity contribution < 1.29 is 24.9 Å². The third-order valence-electron chi connectivity index (χ3n) is 3.18. The Hall–Kier alpha value is -1.57. The highest BCUT2D eigenvalue weighted by Gasteiger charge is 2.48. The van der Waals surface area contributed by atoms with Crippen LogP contribution < -0.4 is 5.73 Å². The Bertz CT molecular complexity index is 721. The van der Waals surface area contributed by atoms with Gasteiger partial charge in [0.2, 0.25) is 0 Å². The van der Waals surface area contributed by atoms with Gasteiger partial charge in [-0.2, -0.15) is 0 Å². The molecular weight excluding hydrogens is 397 g/mol. The monoisotopic (exact) mass is 407 g/mol. The van der Waals surface area contributed by atoms with Gasteiger partial charge in [0.1, 0.15) is 17.7 Å². The first kappa shape index (κ1) is 14.4. The number of carboxylic acid groups (broad SMARTS) is 1. The maximum atomic E-state index is 11.0. The Labute approximate surface area is 130 Å². The molecule has 0 spiro atoms. The van der Waals surface area contributed by atoms with Gasteiger partial charge in [0.05, 0.1) is 6.33 Å². The number of halogens is 1. The minimum Gasteiger partial charge on any atom is -0.479 e.